The minimum atomic E-state index is 0.460. The van der Waals surface area contributed by atoms with Gasteiger partial charge in [0.25, 0.3) is 0 Å². The highest BCUT2D eigenvalue weighted by Crippen LogP contribution is 2.15. The molecule has 0 N–H and O–H groups in total. The molecule has 0 bridgehead atoms. The lowest BCUT2D eigenvalue weighted by Gasteiger charge is -2.21. The summed E-state index contributed by atoms with van der Waals surface area (Å²) in [7, 11) is 0. The molecule has 0 aliphatic carbocycles. The van der Waals surface area contributed by atoms with Gasteiger partial charge in [-0.3, -0.25) is 0 Å². The topological polar surface area (TPSA) is 28.5 Å². The highest BCUT2D eigenvalue weighted by atomic mass is 32.2. The molecule has 3 nitrogen and oxygen atoms in total. The summed E-state index contributed by atoms with van der Waals surface area (Å²) in [5.41, 5.74) is 0.824. The van der Waals surface area contributed by atoms with E-state index in [4.69, 9.17) is 0 Å². The van der Waals surface area contributed by atoms with Crippen LogP contribution < -0.4 is 10.7 Å². The Kier molecular flexibility index (Phi) is 2.22. The van der Waals surface area contributed by atoms with Crippen LogP contribution in [0.3, 0.4) is 0 Å². The van der Waals surface area contributed by atoms with Gasteiger partial charge in [-0.2, -0.15) is 4.40 Å². The van der Waals surface area contributed by atoms with Gasteiger partial charge in [-0.1, -0.05) is 0 Å². The molecule has 0 saturated heterocycles. The lowest BCUT2D eigenvalue weighted by atomic mass is 10.3. The van der Waals surface area contributed by atoms with E-state index in [1.165, 1.54) is 12.1 Å². The van der Waals surface area contributed by atoms with E-state index < -0.39 is 0 Å². The average Bonchev–Trinajstić information content (AvgIpc) is 2.17. The van der Waals surface area contributed by atoms with E-state index in [1.807, 2.05) is 12.1 Å². The Morgan fingerprint density at radius 2 is 2.31 bits per heavy atom. The van der Waals surface area contributed by atoms with E-state index in [-0.39, 0.29) is 0 Å². The molecule has 13 heavy (non-hydrogen) atoms. The molecule has 1 aromatic heterocycles. The first-order chi connectivity index (χ1) is 6.27. The number of hydrogen-bond acceptors (Lipinski definition) is 4. The second-order valence-electron chi connectivity index (χ2n) is 3.17. The zero-order valence-electron chi connectivity index (χ0n) is 7.64. The third-order valence-electron chi connectivity index (χ3n) is 1.81. The van der Waals surface area contributed by atoms with Gasteiger partial charge in [0.05, 0.1) is 12.1 Å². The molecular formula is C9H11N3S. The Labute approximate surface area is 81.5 Å². The zero-order valence-corrected chi connectivity index (χ0v) is 8.45. The van der Waals surface area contributed by atoms with Crippen LogP contribution in [0.25, 0.3) is 6.20 Å². The van der Waals surface area contributed by atoms with E-state index in [9.17, 15) is 0 Å². The van der Waals surface area contributed by atoms with Crippen LogP contribution in [-0.2, 0) is 0 Å². The minimum absolute atomic E-state index is 0.460. The number of pyridine rings is 1. The highest BCUT2D eigenvalue weighted by molar-refractivity contribution is 7.95. The van der Waals surface area contributed by atoms with E-state index in [1.54, 1.807) is 6.20 Å². The molecule has 1 aliphatic heterocycles. The maximum atomic E-state index is 4.30. The first-order valence-electron chi connectivity index (χ1n) is 4.24. The number of aromatic nitrogens is 1. The molecule has 0 fully saturated rings. The summed E-state index contributed by atoms with van der Waals surface area (Å²) in [6, 6.07) is 4.42. The predicted molar refractivity (Wildman–Crippen MR) is 54.0 cm³/mol. The van der Waals surface area contributed by atoms with Crippen LogP contribution in [0.1, 0.15) is 13.8 Å². The lowest BCUT2D eigenvalue weighted by molar-refractivity contribution is 0.541. The molecular weight excluding hydrogens is 182 g/mol. The average molecular weight is 193 g/mol. The second kappa shape index (κ2) is 3.38. The highest BCUT2D eigenvalue weighted by Gasteiger charge is 2.08. The SMILES string of the molecule is CC(C)N1C=c2cccnc2=NS1. The van der Waals surface area contributed by atoms with Crippen LogP contribution in [0, 0.1) is 0 Å². The second-order valence-corrected chi connectivity index (χ2v) is 3.94. The Hall–Kier alpha value is -1.03. The van der Waals surface area contributed by atoms with Crippen molar-refractivity contribution in [3.63, 3.8) is 0 Å². The molecule has 0 atom stereocenters. The van der Waals surface area contributed by atoms with Crippen LogP contribution >= 0.6 is 12.1 Å². The van der Waals surface area contributed by atoms with Crippen LogP contribution in [0.15, 0.2) is 22.7 Å². The minimum Gasteiger partial charge on any atom is -0.301 e. The van der Waals surface area contributed by atoms with Crippen molar-refractivity contribution in [2.24, 2.45) is 4.40 Å². The van der Waals surface area contributed by atoms with E-state index in [0.717, 1.165) is 10.7 Å². The van der Waals surface area contributed by atoms with Crippen molar-refractivity contribution in [1.29, 1.82) is 0 Å². The van der Waals surface area contributed by atoms with Gasteiger partial charge in [-0.15, -0.1) is 0 Å². The summed E-state index contributed by atoms with van der Waals surface area (Å²) in [5, 5.41) is 1.09. The Morgan fingerprint density at radius 3 is 3.08 bits per heavy atom. The summed E-state index contributed by atoms with van der Waals surface area (Å²) in [6.45, 7) is 4.28. The van der Waals surface area contributed by atoms with Crippen LogP contribution in [0.4, 0.5) is 0 Å². The predicted octanol–water partition coefficient (Wildman–Crippen LogP) is 0.726. The molecule has 4 heteroatoms. The standard InChI is InChI=1S/C9H11N3S/c1-7(2)12-6-8-4-3-5-10-9(8)11-13-12/h3-7H,1-2H3. The Bertz CT molecular complexity index is 413. The maximum absolute atomic E-state index is 4.30. The molecule has 0 aromatic carbocycles. The molecule has 68 valence electrons. The summed E-state index contributed by atoms with van der Waals surface area (Å²) in [5.74, 6) is 0. The first-order valence-corrected chi connectivity index (χ1v) is 4.97. The lowest BCUT2D eigenvalue weighted by Crippen LogP contribution is -2.35. The van der Waals surface area contributed by atoms with Crippen LogP contribution in [0.5, 0.6) is 0 Å². The molecule has 1 aromatic rings. The Morgan fingerprint density at radius 1 is 1.46 bits per heavy atom. The van der Waals surface area contributed by atoms with Gasteiger partial charge < -0.3 is 4.31 Å². The van der Waals surface area contributed by atoms with Gasteiger partial charge in [-0.25, -0.2) is 4.98 Å². The summed E-state index contributed by atoms with van der Waals surface area (Å²) >= 11 is 1.45. The fourth-order valence-corrected chi connectivity index (χ4v) is 1.75. The monoisotopic (exact) mass is 193 g/mol. The van der Waals surface area contributed by atoms with Gasteiger partial charge in [0.15, 0.2) is 5.49 Å². The first kappa shape index (κ1) is 8.56. The molecule has 2 rings (SSSR count). The van der Waals surface area contributed by atoms with Gasteiger partial charge in [0.1, 0.15) is 0 Å². The maximum Gasteiger partial charge on any atom is 0.170 e. The number of nitrogens with zero attached hydrogens (tertiary/aromatic N) is 3. The van der Waals surface area contributed by atoms with E-state index in [0.29, 0.717) is 6.04 Å². The molecule has 2 heterocycles. The van der Waals surface area contributed by atoms with Crippen molar-refractivity contribution in [3.8, 4) is 0 Å². The van der Waals surface area contributed by atoms with Gasteiger partial charge in [-0.05, 0) is 26.0 Å². The van der Waals surface area contributed by atoms with E-state index >= 15 is 0 Å². The summed E-state index contributed by atoms with van der Waals surface area (Å²) < 4.78 is 6.41. The fraction of sp³-hybridized carbons (Fsp3) is 0.333. The van der Waals surface area contributed by atoms with E-state index in [2.05, 4.69) is 33.7 Å². The number of hydrogen-bond donors (Lipinski definition) is 0. The fourth-order valence-electron chi connectivity index (χ4n) is 1.08. The summed E-state index contributed by atoms with van der Waals surface area (Å²) in [4.78, 5) is 4.17. The van der Waals surface area contributed by atoms with Crippen molar-refractivity contribution in [2.75, 3.05) is 0 Å². The van der Waals surface area contributed by atoms with Gasteiger partial charge >= 0.3 is 0 Å². The van der Waals surface area contributed by atoms with Crippen molar-refractivity contribution < 1.29 is 0 Å². The largest absolute Gasteiger partial charge is 0.301 e. The van der Waals surface area contributed by atoms with Gasteiger partial charge in [0.2, 0.25) is 0 Å². The van der Waals surface area contributed by atoms with Crippen LogP contribution in [0.2, 0.25) is 0 Å². The Balaban J connectivity index is 2.49. The van der Waals surface area contributed by atoms with Gasteiger partial charge in [0, 0.05) is 23.7 Å². The van der Waals surface area contributed by atoms with Crippen molar-refractivity contribution >= 4 is 18.3 Å². The molecule has 0 saturated carbocycles. The summed E-state index contributed by atoms with van der Waals surface area (Å²) in [6.07, 6.45) is 3.85. The molecule has 0 spiro atoms. The van der Waals surface area contributed by atoms with Crippen LogP contribution in [-0.4, -0.2) is 15.3 Å². The molecule has 0 unspecified atom stereocenters. The third-order valence-corrected chi connectivity index (χ3v) is 2.78. The molecule has 0 radical (unpaired) electrons. The third kappa shape index (κ3) is 1.67. The normalized spacial score (nSPS) is 14.8. The van der Waals surface area contributed by atoms with Crippen molar-refractivity contribution in [1.82, 2.24) is 9.29 Å². The molecule has 1 aliphatic rings. The van der Waals surface area contributed by atoms with Crippen molar-refractivity contribution in [2.45, 2.75) is 19.9 Å². The zero-order chi connectivity index (χ0) is 9.26. The number of rotatable bonds is 1. The smallest absolute Gasteiger partial charge is 0.170 e. The van der Waals surface area contributed by atoms with Crippen molar-refractivity contribution in [3.05, 3.63) is 29.0 Å². The quantitative estimate of drug-likeness (QED) is 0.615. The molecule has 0 amide bonds. The number of fused-ring (bicyclic) bond motifs is 1.